The molecule has 0 aliphatic carbocycles. The van der Waals surface area contributed by atoms with Crippen LogP contribution in [0.2, 0.25) is 0 Å². The predicted molar refractivity (Wildman–Crippen MR) is 35.8 cm³/mol. The highest BCUT2D eigenvalue weighted by Gasteiger charge is 1.87. The molecule has 1 aromatic carbocycles. The van der Waals surface area contributed by atoms with E-state index in [1.165, 1.54) is 30.5 Å². The van der Waals surface area contributed by atoms with Gasteiger partial charge in [-0.3, -0.25) is 0 Å². The molecule has 0 fully saturated rings. The minimum Gasteiger partial charge on any atom is -0.411 e. The van der Waals surface area contributed by atoms with Crippen LogP contribution in [0.15, 0.2) is 29.4 Å². The largest absolute Gasteiger partial charge is 0.411 e. The van der Waals surface area contributed by atoms with E-state index in [-0.39, 0.29) is 5.82 Å². The molecule has 0 saturated heterocycles. The molecule has 0 amide bonds. The summed E-state index contributed by atoms with van der Waals surface area (Å²) in [7, 11) is 0. The second kappa shape index (κ2) is 2.96. The second-order valence-corrected chi connectivity index (χ2v) is 1.80. The van der Waals surface area contributed by atoms with Crippen molar-refractivity contribution in [3.63, 3.8) is 0 Å². The first-order valence-corrected chi connectivity index (χ1v) is 2.76. The summed E-state index contributed by atoms with van der Waals surface area (Å²) in [5.41, 5.74) is 0.670. The van der Waals surface area contributed by atoms with Crippen LogP contribution in [0.3, 0.4) is 0 Å². The van der Waals surface area contributed by atoms with Gasteiger partial charge in [0.1, 0.15) is 5.82 Å². The topological polar surface area (TPSA) is 32.6 Å². The summed E-state index contributed by atoms with van der Waals surface area (Å²) in [5, 5.41) is 10.9. The Bertz CT molecular complexity index is 230. The summed E-state index contributed by atoms with van der Waals surface area (Å²) >= 11 is 0. The Morgan fingerprint density at radius 1 is 1.30 bits per heavy atom. The Hall–Kier alpha value is -1.38. The van der Waals surface area contributed by atoms with Crippen molar-refractivity contribution < 1.29 is 9.60 Å². The van der Waals surface area contributed by atoms with Crippen LogP contribution in [-0.2, 0) is 0 Å². The van der Waals surface area contributed by atoms with E-state index in [1.54, 1.807) is 0 Å². The van der Waals surface area contributed by atoms with Gasteiger partial charge in [0.05, 0.1) is 6.21 Å². The lowest BCUT2D eigenvalue weighted by atomic mass is 10.2. The number of nitrogens with zero attached hydrogens (tertiary/aromatic N) is 1. The zero-order valence-electron chi connectivity index (χ0n) is 5.16. The molecule has 0 heterocycles. The zero-order chi connectivity index (χ0) is 7.40. The van der Waals surface area contributed by atoms with E-state index in [1.807, 2.05) is 0 Å². The molecular weight excluding hydrogens is 133 g/mol. The summed E-state index contributed by atoms with van der Waals surface area (Å²) < 4.78 is 12.2. The van der Waals surface area contributed by atoms with Crippen molar-refractivity contribution >= 4 is 6.21 Å². The van der Waals surface area contributed by atoms with Crippen LogP contribution in [0, 0.1) is 5.82 Å². The van der Waals surface area contributed by atoms with E-state index in [0.717, 1.165) is 0 Å². The van der Waals surface area contributed by atoms with E-state index in [4.69, 9.17) is 5.21 Å². The van der Waals surface area contributed by atoms with Crippen molar-refractivity contribution in [1.82, 2.24) is 0 Å². The predicted octanol–water partition coefficient (Wildman–Crippen LogP) is 1.63. The maximum Gasteiger partial charge on any atom is 0.123 e. The van der Waals surface area contributed by atoms with Crippen molar-refractivity contribution in [3.8, 4) is 0 Å². The monoisotopic (exact) mass is 139 g/mol. The summed E-state index contributed by atoms with van der Waals surface area (Å²) in [6.45, 7) is 0. The number of benzene rings is 1. The summed E-state index contributed by atoms with van der Waals surface area (Å²) in [6.07, 6.45) is 1.24. The quantitative estimate of drug-likeness (QED) is 0.358. The van der Waals surface area contributed by atoms with Crippen molar-refractivity contribution in [3.05, 3.63) is 35.6 Å². The average Bonchev–Trinajstić information content (AvgIpc) is 1.95. The molecule has 3 heteroatoms. The highest BCUT2D eigenvalue weighted by molar-refractivity contribution is 5.78. The minimum absolute atomic E-state index is 0.296. The van der Waals surface area contributed by atoms with Gasteiger partial charge < -0.3 is 5.21 Å². The molecule has 1 N–H and O–H groups in total. The molecule has 0 atom stereocenters. The van der Waals surface area contributed by atoms with Crippen LogP contribution in [0.1, 0.15) is 5.56 Å². The molecule has 0 spiro atoms. The van der Waals surface area contributed by atoms with Crippen LogP contribution in [0.25, 0.3) is 0 Å². The molecule has 0 unspecified atom stereocenters. The normalized spacial score (nSPS) is 10.5. The van der Waals surface area contributed by atoms with Gasteiger partial charge in [-0.05, 0) is 17.7 Å². The molecule has 1 rings (SSSR count). The molecule has 0 radical (unpaired) electrons. The molecule has 0 aliphatic heterocycles. The maximum absolute atomic E-state index is 12.2. The Morgan fingerprint density at radius 3 is 2.40 bits per heavy atom. The lowest BCUT2D eigenvalue weighted by Gasteiger charge is -1.88. The van der Waals surface area contributed by atoms with Gasteiger partial charge in [-0.15, -0.1) is 0 Å². The number of oxime groups is 1. The van der Waals surface area contributed by atoms with Gasteiger partial charge in [0.25, 0.3) is 0 Å². The lowest BCUT2D eigenvalue weighted by Crippen LogP contribution is -1.80. The van der Waals surface area contributed by atoms with Gasteiger partial charge >= 0.3 is 0 Å². The summed E-state index contributed by atoms with van der Waals surface area (Å²) in [5.74, 6) is -0.296. The van der Waals surface area contributed by atoms with E-state index in [2.05, 4.69) is 5.16 Å². The smallest absolute Gasteiger partial charge is 0.123 e. The lowest BCUT2D eigenvalue weighted by molar-refractivity contribution is 0.322. The molecule has 0 saturated carbocycles. The SMILES string of the molecule is O/N=C\c1ccc(F)cc1. The number of hydrogen-bond donors (Lipinski definition) is 1. The first kappa shape index (κ1) is 6.74. The molecular formula is C7H6FNO. The molecule has 0 aliphatic rings. The third-order valence-electron chi connectivity index (χ3n) is 1.08. The van der Waals surface area contributed by atoms with Gasteiger partial charge in [0.2, 0.25) is 0 Å². The number of hydrogen-bond acceptors (Lipinski definition) is 2. The van der Waals surface area contributed by atoms with E-state index < -0.39 is 0 Å². The van der Waals surface area contributed by atoms with Gasteiger partial charge in [-0.2, -0.15) is 0 Å². The van der Waals surface area contributed by atoms with Crippen molar-refractivity contribution in [2.45, 2.75) is 0 Å². The standard InChI is InChI=1S/C7H6FNO/c8-7-3-1-6(2-4-7)5-9-10/h1-5,10H/b9-5-. The van der Waals surface area contributed by atoms with Crippen LogP contribution < -0.4 is 0 Å². The Labute approximate surface area is 57.6 Å². The van der Waals surface area contributed by atoms with E-state index in [9.17, 15) is 4.39 Å². The molecule has 10 heavy (non-hydrogen) atoms. The third-order valence-corrected chi connectivity index (χ3v) is 1.08. The van der Waals surface area contributed by atoms with Crippen LogP contribution in [-0.4, -0.2) is 11.4 Å². The van der Waals surface area contributed by atoms with Crippen LogP contribution in [0.5, 0.6) is 0 Å². The molecule has 1 aromatic rings. The second-order valence-electron chi connectivity index (χ2n) is 1.80. The third kappa shape index (κ3) is 1.55. The first-order chi connectivity index (χ1) is 4.83. The molecule has 0 aromatic heterocycles. The maximum atomic E-state index is 12.2. The van der Waals surface area contributed by atoms with Gasteiger partial charge in [0, 0.05) is 0 Å². The Morgan fingerprint density at radius 2 is 1.90 bits per heavy atom. The van der Waals surface area contributed by atoms with Crippen molar-refractivity contribution in [1.29, 1.82) is 0 Å². The number of halogens is 1. The highest BCUT2D eigenvalue weighted by Crippen LogP contribution is 1.99. The van der Waals surface area contributed by atoms with E-state index >= 15 is 0 Å². The average molecular weight is 139 g/mol. The fourth-order valence-corrected chi connectivity index (χ4v) is 0.616. The van der Waals surface area contributed by atoms with Crippen molar-refractivity contribution in [2.75, 3.05) is 0 Å². The zero-order valence-corrected chi connectivity index (χ0v) is 5.16. The Balaban J connectivity index is 2.89. The fraction of sp³-hybridized carbons (Fsp3) is 0. The fourth-order valence-electron chi connectivity index (χ4n) is 0.616. The van der Waals surface area contributed by atoms with Crippen molar-refractivity contribution in [2.24, 2.45) is 5.16 Å². The minimum atomic E-state index is -0.296. The Kier molecular flexibility index (Phi) is 1.99. The number of rotatable bonds is 1. The van der Waals surface area contributed by atoms with E-state index in [0.29, 0.717) is 5.56 Å². The van der Waals surface area contributed by atoms with Gasteiger partial charge in [-0.1, -0.05) is 17.3 Å². The molecule has 0 bridgehead atoms. The first-order valence-electron chi connectivity index (χ1n) is 2.76. The summed E-state index contributed by atoms with van der Waals surface area (Å²) in [4.78, 5) is 0. The summed E-state index contributed by atoms with van der Waals surface area (Å²) in [6, 6.07) is 5.65. The highest BCUT2D eigenvalue weighted by atomic mass is 19.1. The van der Waals surface area contributed by atoms with Crippen LogP contribution >= 0.6 is 0 Å². The van der Waals surface area contributed by atoms with Crippen LogP contribution in [0.4, 0.5) is 4.39 Å². The van der Waals surface area contributed by atoms with Gasteiger partial charge in [-0.25, -0.2) is 4.39 Å². The van der Waals surface area contributed by atoms with Gasteiger partial charge in [0.15, 0.2) is 0 Å². The molecule has 52 valence electrons. The molecule has 2 nitrogen and oxygen atoms in total.